The Hall–Kier alpha value is -1.25. The number of hydrogen-bond donors (Lipinski definition) is 0. The molecule has 0 aliphatic carbocycles. The summed E-state index contributed by atoms with van der Waals surface area (Å²) in [7, 11) is -4.03. The van der Waals surface area contributed by atoms with Crippen LogP contribution < -0.4 is 0 Å². The summed E-state index contributed by atoms with van der Waals surface area (Å²) < 4.78 is 29.3. The van der Waals surface area contributed by atoms with E-state index in [2.05, 4.69) is 25.9 Å². The van der Waals surface area contributed by atoms with Crippen molar-refractivity contribution >= 4 is 37.7 Å². The van der Waals surface area contributed by atoms with E-state index in [4.69, 9.17) is 4.18 Å². The quantitative estimate of drug-likeness (QED) is 0.347. The van der Waals surface area contributed by atoms with Crippen molar-refractivity contribution in [1.82, 2.24) is 0 Å². The number of carbonyl (C=O) groups excluding carboxylic acids is 1. The average molecular weight is 364 g/mol. The molecular formula is C12H14BrNO5S. The van der Waals surface area contributed by atoms with Gasteiger partial charge in [-0.2, -0.15) is 8.42 Å². The minimum absolute atomic E-state index is 0.0458. The van der Waals surface area contributed by atoms with Crippen LogP contribution in [0.1, 0.15) is 20.8 Å². The predicted molar refractivity (Wildman–Crippen MR) is 76.7 cm³/mol. The summed E-state index contributed by atoms with van der Waals surface area (Å²) in [6.45, 7) is 4.55. The molecular weight excluding hydrogens is 350 g/mol. The van der Waals surface area contributed by atoms with Crippen molar-refractivity contribution in [1.29, 1.82) is 0 Å². The zero-order valence-electron chi connectivity index (χ0n) is 11.2. The van der Waals surface area contributed by atoms with E-state index in [1.807, 2.05) is 0 Å². The van der Waals surface area contributed by atoms with Crippen LogP contribution in [-0.4, -0.2) is 26.2 Å². The zero-order chi connectivity index (χ0) is 15.3. The van der Waals surface area contributed by atoms with E-state index in [1.54, 1.807) is 26.0 Å². The van der Waals surface area contributed by atoms with Crippen molar-refractivity contribution in [2.24, 2.45) is 5.16 Å². The van der Waals surface area contributed by atoms with Crippen LogP contribution in [0.5, 0.6) is 0 Å². The molecule has 0 saturated carbocycles. The molecule has 0 spiro atoms. The Labute approximate surface area is 126 Å². The van der Waals surface area contributed by atoms with Crippen LogP contribution in [-0.2, 0) is 23.9 Å². The molecule has 0 saturated heterocycles. The standard InChI is InChI=1S/C12H14BrNO5S/c1-8(2)14-18-12(15)9(3)19-20(16,17)11-6-4-10(13)5-7-11/h4-7,9H,1-3H3/t9-/m0/s1. The average Bonchev–Trinajstić information content (AvgIpc) is 2.35. The number of nitrogens with zero attached hydrogens (tertiary/aromatic N) is 1. The molecule has 0 N–H and O–H groups in total. The van der Waals surface area contributed by atoms with Gasteiger partial charge in [0, 0.05) is 4.47 Å². The van der Waals surface area contributed by atoms with Crippen LogP contribution in [0.2, 0.25) is 0 Å². The first-order valence-corrected chi connectivity index (χ1v) is 7.83. The van der Waals surface area contributed by atoms with Crippen molar-refractivity contribution < 1.29 is 22.2 Å². The van der Waals surface area contributed by atoms with Crippen LogP contribution in [0.25, 0.3) is 0 Å². The largest absolute Gasteiger partial charge is 0.364 e. The Morgan fingerprint density at radius 2 is 1.80 bits per heavy atom. The minimum atomic E-state index is -4.03. The number of rotatable bonds is 5. The lowest BCUT2D eigenvalue weighted by Gasteiger charge is -2.10. The van der Waals surface area contributed by atoms with Gasteiger partial charge in [0.1, 0.15) is 0 Å². The third-order valence-corrected chi connectivity index (χ3v) is 3.94. The van der Waals surface area contributed by atoms with E-state index in [1.165, 1.54) is 19.1 Å². The highest BCUT2D eigenvalue weighted by Crippen LogP contribution is 2.18. The van der Waals surface area contributed by atoms with Crippen molar-refractivity contribution in [2.45, 2.75) is 31.8 Å². The van der Waals surface area contributed by atoms with Gasteiger partial charge in [-0.1, -0.05) is 21.1 Å². The lowest BCUT2D eigenvalue weighted by molar-refractivity contribution is -0.150. The maximum Gasteiger partial charge on any atom is 0.364 e. The van der Waals surface area contributed by atoms with Gasteiger partial charge in [0.2, 0.25) is 0 Å². The van der Waals surface area contributed by atoms with Crippen LogP contribution in [0, 0.1) is 0 Å². The van der Waals surface area contributed by atoms with Gasteiger partial charge in [0.15, 0.2) is 6.10 Å². The molecule has 0 unspecified atom stereocenters. The van der Waals surface area contributed by atoms with Crippen molar-refractivity contribution in [3.63, 3.8) is 0 Å². The Morgan fingerprint density at radius 3 is 2.30 bits per heavy atom. The Balaban J connectivity index is 2.78. The number of carbonyl (C=O) groups is 1. The molecule has 20 heavy (non-hydrogen) atoms. The molecule has 0 aliphatic rings. The third-order valence-electron chi connectivity index (χ3n) is 2.02. The number of hydrogen-bond acceptors (Lipinski definition) is 6. The molecule has 0 aromatic heterocycles. The van der Waals surface area contributed by atoms with Crippen LogP contribution in [0.4, 0.5) is 0 Å². The highest BCUT2D eigenvalue weighted by molar-refractivity contribution is 9.10. The first-order chi connectivity index (χ1) is 9.22. The van der Waals surface area contributed by atoms with E-state index in [-0.39, 0.29) is 4.90 Å². The predicted octanol–water partition coefficient (Wildman–Crippen LogP) is 2.48. The third kappa shape index (κ3) is 5.03. The maximum atomic E-state index is 11.9. The molecule has 0 bridgehead atoms. The summed E-state index contributed by atoms with van der Waals surface area (Å²) in [6, 6.07) is 5.85. The monoisotopic (exact) mass is 363 g/mol. The van der Waals surface area contributed by atoms with Gasteiger partial charge < -0.3 is 4.84 Å². The van der Waals surface area contributed by atoms with Gasteiger partial charge >= 0.3 is 5.97 Å². The molecule has 6 nitrogen and oxygen atoms in total. The van der Waals surface area contributed by atoms with Gasteiger partial charge in [-0.05, 0) is 45.0 Å². The van der Waals surface area contributed by atoms with E-state index >= 15 is 0 Å². The summed E-state index contributed by atoms with van der Waals surface area (Å²) in [5.74, 6) is -0.883. The van der Waals surface area contributed by atoms with Crippen LogP contribution in [0.3, 0.4) is 0 Å². The molecule has 1 aromatic carbocycles. The van der Waals surface area contributed by atoms with Gasteiger partial charge in [-0.15, -0.1) is 0 Å². The second-order valence-electron chi connectivity index (χ2n) is 4.10. The number of benzene rings is 1. The first-order valence-electron chi connectivity index (χ1n) is 5.63. The lowest BCUT2D eigenvalue weighted by Crippen LogP contribution is -2.25. The molecule has 8 heteroatoms. The molecule has 0 fully saturated rings. The van der Waals surface area contributed by atoms with Gasteiger partial charge in [0.25, 0.3) is 10.1 Å². The first kappa shape index (κ1) is 16.8. The lowest BCUT2D eigenvalue weighted by atomic mass is 10.4. The summed E-state index contributed by atoms with van der Waals surface area (Å²) in [5, 5.41) is 3.45. The fourth-order valence-electron chi connectivity index (χ4n) is 1.10. The molecule has 0 heterocycles. The molecule has 1 aromatic rings. The molecule has 0 aliphatic heterocycles. The van der Waals surface area contributed by atoms with Gasteiger partial charge in [0.05, 0.1) is 10.6 Å². The van der Waals surface area contributed by atoms with Gasteiger partial charge in [-0.3, -0.25) is 4.18 Å². The topological polar surface area (TPSA) is 82.0 Å². The second kappa shape index (κ2) is 6.96. The summed E-state index contributed by atoms with van der Waals surface area (Å²) in [4.78, 5) is 16.0. The van der Waals surface area contributed by atoms with E-state index < -0.39 is 22.2 Å². The fraction of sp³-hybridized carbons (Fsp3) is 0.333. The Bertz CT molecular complexity index is 605. The van der Waals surface area contributed by atoms with Crippen molar-refractivity contribution in [3.8, 4) is 0 Å². The van der Waals surface area contributed by atoms with Gasteiger partial charge in [-0.25, -0.2) is 4.79 Å². The van der Waals surface area contributed by atoms with E-state index in [0.29, 0.717) is 5.71 Å². The summed E-state index contributed by atoms with van der Waals surface area (Å²) >= 11 is 3.20. The Morgan fingerprint density at radius 1 is 1.25 bits per heavy atom. The minimum Gasteiger partial charge on any atom is -0.315 e. The summed E-state index contributed by atoms with van der Waals surface area (Å²) in [5.41, 5.74) is 0.529. The normalized spacial score (nSPS) is 12.6. The highest BCUT2D eigenvalue weighted by atomic mass is 79.9. The second-order valence-corrected chi connectivity index (χ2v) is 6.58. The molecule has 0 radical (unpaired) electrons. The smallest absolute Gasteiger partial charge is 0.315 e. The summed E-state index contributed by atoms with van der Waals surface area (Å²) in [6.07, 6.45) is -1.29. The maximum absolute atomic E-state index is 11.9. The molecule has 1 rings (SSSR count). The SMILES string of the molecule is CC(C)=NOC(=O)[C@H](C)OS(=O)(=O)c1ccc(Br)cc1. The molecule has 0 amide bonds. The number of oxime groups is 1. The number of halogens is 1. The fourth-order valence-corrected chi connectivity index (χ4v) is 2.40. The van der Waals surface area contributed by atoms with E-state index in [9.17, 15) is 13.2 Å². The zero-order valence-corrected chi connectivity index (χ0v) is 13.6. The van der Waals surface area contributed by atoms with Crippen LogP contribution in [0.15, 0.2) is 38.8 Å². The van der Waals surface area contributed by atoms with Crippen molar-refractivity contribution in [2.75, 3.05) is 0 Å². The van der Waals surface area contributed by atoms with Crippen LogP contribution >= 0.6 is 15.9 Å². The Kier molecular flexibility index (Phi) is 5.85. The van der Waals surface area contributed by atoms with E-state index in [0.717, 1.165) is 4.47 Å². The molecule has 110 valence electrons. The highest BCUT2D eigenvalue weighted by Gasteiger charge is 2.25. The van der Waals surface area contributed by atoms with Crippen molar-refractivity contribution in [3.05, 3.63) is 28.7 Å². The molecule has 1 atom stereocenters.